The standard InChI is InChI=1S/C17H24N10O/c1-4-24-11-19-23-15(24)13(3)22-17(28)26-7-5-25(6-8-26)14-9-12(2)21-16-18-10-20-27(14)16/h9-11,13H,4-8H2,1-3H3,(H,22,28)/t13-/m1/s1. The van der Waals surface area contributed by atoms with Gasteiger partial charge in [-0.1, -0.05) is 0 Å². The van der Waals surface area contributed by atoms with Gasteiger partial charge in [-0.05, 0) is 20.8 Å². The molecule has 1 saturated heterocycles. The Labute approximate surface area is 162 Å². The smallest absolute Gasteiger partial charge is 0.318 e. The summed E-state index contributed by atoms with van der Waals surface area (Å²) >= 11 is 0. The SMILES string of the molecule is CCn1cnnc1[C@@H](C)NC(=O)N1CCN(c2cc(C)nc3ncnn23)CC1. The molecule has 0 bridgehead atoms. The number of rotatable bonds is 4. The maximum Gasteiger partial charge on any atom is 0.318 e. The maximum atomic E-state index is 12.7. The molecule has 1 atom stereocenters. The average Bonchev–Trinajstić information content (AvgIpc) is 3.36. The van der Waals surface area contributed by atoms with Crippen LogP contribution in [0, 0.1) is 6.92 Å². The van der Waals surface area contributed by atoms with Gasteiger partial charge in [0.25, 0.3) is 5.78 Å². The quantitative estimate of drug-likeness (QED) is 0.703. The zero-order chi connectivity index (χ0) is 19.7. The van der Waals surface area contributed by atoms with Crippen LogP contribution in [0.1, 0.15) is 31.4 Å². The Morgan fingerprint density at radius 3 is 2.82 bits per heavy atom. The summed E-state index contributed by atoms with van der Waals surface area (Å²) in [5.41, 5.74) is 0.893. The lowest BCUT2D eigenvalue weighted by Gasteiger charge is -2.36. The first-order chi connectivity index (χ1) is 13.6. The lowest BCUT2D eigenvalue weighted by Crippen LogP contribution is -2.52. The van der Waals surface area contributed by atoms with Gasteiger partial charge in [-0.2, -0.15) is 14.6 Å². The Morgan fingerprint density at radius 2 is 2.07 bits per heavy atom. The zero-order valence-corrected chi connectivity index (χ0v) is 16.3. The number of amides is 2. The van der Waals surface area contributed by atoms with Crippen molar-refractivity contribution in [1.82, 2.24) is 44.6 Å². The number of nitrogens with one attached hydrogen (secondary N) is 1. The van der Waals surface area contributed by atoms with Crippen LogP contribution in [0.2, 0.25) is 0 Å². The highest BCUT2D eigenvalue weighted by atomic mass is 16.2. The Kier molecular flexibility index (Phi) is 4.80. The molecule has 1 aliphatic rings. The molecule has 0 unspecified atom stereocenters. The molecule has 0 aliphatic carbocycles. The number of aryl methyl sites for hydroxylation is 2. The summed E-state index contributed by atoms with van der Waals surface area (Å²) in [5.74, 6) is 2.30. The number of fused-ring (bicyclic) bond motifs is 1. The van der Waals surface area contributed by atoms with Gasteiger partial charge in [0.2, 0.25) is 0 Å². The molecule has 11 heteroatoms. The average molecular weight is 384 g/mol. The number of urea groups is 1. The minimum Gasteiger partial charge on any atom is -0.353 e. The number of anilines is 1. The van der Waals surface area contributed by atoms with E-state index >= 15 is 0 Å². The van der Waals surface area contributed by atoms with Crippen LogP contribution in [0.25, 0.3) is 5.78 Å². The first-order valence-corrected chi connectivity index (χ1v) is 9.42. The van der Waals surface area contributed by atoms with E-state index in [1.54, 1.807) is 10.8 Å². The van der Waals surface area contributed by atoms with Crippen LogP contribution in [0.5, 0.6) is 0 Å². The van der Waals surface area contributed by atoms with E-state index in [9.17, 15) is 4.79 Å². The van der Waals surface area contributed by atoms with Crippen LogP contribution < -0.4 is 10.2 Å². The highest BCUT2D eigenvalue weighted by Crippen LogP contribution is 2.18. The fourth-order valence-corrected chi connectivity index (χ4v) is 3.46. The zero-order valence-electron chi connectivity index (χ0n) is 16.3. The van der Waals surface area contributed by atoms with E-state index in [2.05, 4.69) is 35.5 Å². The van der Waals surface area contributed by atoms with Gasteiger partial charge in [0.15, 0.2) is 5.82 Å². The summed E-state index contributed by atoms with van der Waals surface area (Å²) in [6, 6.07) is 1.71. The van der Waals surface area contributed by atoms with E-state index in [-0.39, 0.29) is 12.1 Å². The Bertz CT molecular complexity index is 971. The molecule has 3 aromatic rings. The van der Waals surface area contributed by atoms with Crippen LogP contribution >= 0.6 is 0 Å². The van der Waals surface area contributed by atoms with Gasteiger partial charge < -0.3 is 19.7 Å². The predicted molar refractivity (Wildman–Crippen MR) is 102 cm³/mol. The second-order valence-electron chi connectivity index (χ2n) is 6.85. The van der Waals surface area contributed by atoms with Crippen LogP contribution in [-0.4, -0.2) is 71.5 Å². The molecule has 2 amide bonds. The third-order valence-corrected chi connectivity index (χ3v) is 4.97. The Balaban J connectivity index is 1.39. The van der Waals surface area contributed by atoms with E-state index in [1.165, 1.54) is 6.33 Å². The van der Waals surface area contributed by atoms with Crippen molar-refractivity contribution in [2.24, 2.45) is 0 Å². The molecule has 4 rings (SSSR count). The van der Waals surface area contributed by atoms with E-state index in [1.807, 2.05) is 36.3 Å². The molecule has 0 radical (unpaired) electrons. The first-order valence-electron chi connectivity index (χ1n) is 9.42. The third-order valence-electron chi connectivity index (χ3n) is 4.97. The minimum atomic E-state index is -0.203. The highest BCUT2D eigenvalue weighted by Gasteiger charge is 2.25. The molecular weight excluding hydrogens is 360 g/mol. The normalized spacial score (nSPS) is 15.8. The van der Waals surface area contributed by atoms with Crippen molar-refractivity contribution in [2.45, 2.75) is 33.4 Å². The van der Waals surface area contributed by atoms with Crippen molar-refractivity contribution in [3.63, 3.8) is 0 Å². The summed E-state index contributed by atoms with van der Waals surface area (Å²) in [5, 5.41) is 15.3. The van der Waals surface area contributed by atoms with E-state index < -0.39 is 0 Å². The van der Waals surface area contributed by atoms with Crippen molar-refractivity contribution >= 4 is 17.6 Å². The lowest BCUT2D eigenvalue weighted by molar-refractivity contribution is 0.190. The maximum absolute atomic E-state index is 12.7. The number of aromatic nitrogens is 7. The monoisotopic (exact) mass is 384 g/mol. The van der Waals surface area contributed by atoms with E-state index in [0.29, 0.717) is 32.0 Å². The molecule has 3 aromatic heterocycles. The summed E-state index contributed by atoms with van der Waals surface area (Å²) in [6.45, 7) is 9.32. The molecule has 0 saturated carbocycles. The number of nitrogens with zero attached hydrogens (tertiary/aromatic N) is 9. The molecule has 1 aliphatic heterocycles. The van der Waals surface area contributed by atoms with Gasteiger partial charge in [0.05, 0.1) is 6.04 Å². The van der Waals surface area contributed by atoms with Gasteiger partial charge in [-0.3, -0.25) is 0 Å². The Hall–Kier alpha value is -3.24. The molecule has 4 heterocycles. The second-order valence-corrected chi connectivity index (χ2v) is 6.85. The lowest BCUT2D eigenvalue weighted by atomic mass is 10.3. The molecule has 148 valence electrons. The number of carbonyl (C=O) groups excluding carboxylic acids is 1. The molecule has 0 spiro atoms. The summed E-state index contributed by atoms with van der Waals surface area (Å²) in [4.78, 5) is 25.3. The highest BCUT2D eigenvalue weighted by molar-refractivity contribution is 5.75. The molecular formula is C17H24N10O. The largest absolute Gasteiger partial charge is 0.353 e. The molecule has 0 aromatic carbocycles. The van der Waals surface area contributed by atoms with Crippen LogP contribution in [0.4, 0.5) is 10.6 Å². The van der Waals surface area contributed by atoms with Crippen molar-refractivity contribution in [3.05, 3.63) is 30.2 Å². The topological polar surface area (TPSA) is 109 Å². The van der Waals surface area contributed by atoms with E-state index in [0.717, 1.165) is 23.9 Å². The first kappa shape index (κ1) is 18.1. The van der Waals surface area contributed by atoms with Crippen molar-refractivity contribution in [2.75, 3.05) is 31.1 Å². The fourth-order valence-electron chi connectivity index (χ4n) is 3.46. The predicted octanol–water partition coefficient (Wildman–Crippen LogP) is 0.637. The van der Waals surface area contributed by atoms with Crippen molar-refractivity contribution in [1.29, 1.82) is 0 Å². The van der Waals surface area contributed by atoms with Gasteiger partial charge in [-0.25, -0.2) is 9.78 Å². The minimum absolute atomic E-state index is 0.0883. The van der Waals surface area contributed by atoms with Crippen LogP contribution in [-0.2, 0) is 6.54 Å². The van der Waals surface area contributed by atoms with Crippen molar-refractivity contribution < 1.29 is 4.79 Å². The van der Waals surface area contributed by atoms with Gasteiger partial charge in [0, 0.05) is 44.5 Å². The second kappa shape index (κ2) is 7.41. The summed E-state index contributed by atoms with van der Waals surface area (Å²) < 4.78 is 3.67. The van der Waals surface area contributed by atoms with Crippen molar-refractivity contribution in [3.8, 4) is 0 Å². The fraction of sp³-hybridized carbons (Fsp3) is 0.529. The van der Waals surface area contributed by atoms with Gasteiger partial charge in [-0.15, -0.1) is 10.2 Å². The molecule has 11 nitrogen and oxygen atoms in total. The van der Waals surface area contributed by atoms with Crippen LogP contribution in [0.15, 0.2) is 18.7 Å². The van der Waals surface area contributed by atoms with Gasteiger partial charge >= 0.3 is 6.03 Å². The van der Waals surface area contributed by atoms with Gasteiger partial charge in [0.1, 0.15) is 18.5 Å². The number of hydrogen-bond acceptors (Lipinski definition) is 7. The molecule has 1 fully saturated rings. The Morgan fingerprint density at radius 1 is 1.29 bits per heavy atom. The number of piperazine rings is 1. The third kappa shape index (κ3) is 3.35. The number of carbonyl (C=O) groups is 1. The summed E-state index contributed by atoms with van der Waals surface area (Å²) in [7, 11) is 0. The van der Waals surface area contributed by atoms with E-state index in [4.69, 9.17) is 0 Å². The molecule has 1 N–H and O–H groups in total. The van der Waals surface area contributed by atoms with Crippen LogP contribution in [0.3, 0.4) is 0 Å². The molecule has 28 heavy (non-hydrogen) atoms. The number of hydrogen-bond donors (Lipinski definition) is 1. The summed E-state index contributed by atoms with van der Waals surface area (Å²) in [6.07, 6.45) is 3.18.